The van der Waals surface area contributed by atoms with Crippen LogP contribution in [0.25, 0.3) is 0 Å². The van der Waals surface area contributed by atoms with Gasteiger partial charge in [0.15, 0.2) is 0 Å². The summed E-state index contributed by atoms with van der Waals surface area (Å²) < 4.78 is 0. The monoisotopic (exact) mass is 360 g/mol. The van der Waals surface area contributed by atoms with Gasteiger partial charge in [-0.2, -0.15) is 0 Å². The highest BCUT2D eigenvalue weighted by Gasteiger charge is 2.56. The van der Waals surface area contributed by atoms with Gasteiger partial charge in [0.05, 0.1) is 5.60 Å². The van der Waals surface area contributed by atoms with Gasteiger partial charge in [-0.15, -0.1) is 0 Å². The van der Waals surface area contributed by atoms with Gasteiger partial charge in [0.1, 0.15) is 0 Å². The number of carbonyl (C=O) groups excluding carboxylic acids is 1. The van der Waals surface area contributed by atoms with Gasteiger partial charge in [-0.1, -0.05) is 19.3 Å². The van der Waals surface area contributed by atoms with Crippen molar-refractivity contribution in [2.24, 2.45) is 35.0 Å². The molecule has 0 aromatic carbocycles. The number of fused-ring (bicyclic) bond motifs is 1. The van der Waals surface area contributed by atoms with Crippen LogP contribution >= 0.6 is 0 Å². The van der Waals surface area contributed by atoms with Crippen molar-refractivity contribution in [1.29, 1.82) is 0 Å². The zero-order chi connectivity index (χ0) is 17.8. The van der Waals surface area contributed by atoms with Crippen molar-refractivity contribution in [3.63, 3.8) is 0 Å². The molecule has 26 heavy (non-hydrogen) atoms. The molecule has 4 nitrogen and oxygen atoms in total. The van der Waals surface area contributed by atoms with E-state index in [0.29, 0.717) is 5.41 Å². The van der Waals surface area contributed by atoms with Crippen molar-refractivity contribution in [2.75, 3.05) is 13.1 Å². The molecule has 6 fully saturated rings. The third-order valence-electron chi connectivity index (χ3n) is 8.63. The number of urea groups is 1. The molecule has 0 radical (unpaired) electrons. The first-order valence-corrected chi connectivity index (χ1v) is 11.3. The van der Waals surface area contributed by atoms with Crippen LogP contribution < -0.4 is 10.6 Å². The predicted molar refractivity (Wildman–Crippen MR) is 102 cm³/mol. The second-order valence-electron chi connectivity index (χ2n) is 10.8. The summed E-state index contributed by atoms with van der Waals surface area (Å²) in [4.78, 5) is 12.2. The van der Waals surface area contributed by atoms with Gasteiger partial charge in [0, 0.05) is 13.1 Å². The normalized spacial score (nSPS) is 48.1. The fourth-order valence-electron chi connectivity index (χ4n) is 7.96. The van der Waals surface area contributed by atoms with Crippen LogP contribution in [0, 0.1) is 35.0 Å². The minimum atomic E-state index is -0.382. The number of rotatable bonds is 6. The van der Waals surface area contributed by atoms with Crippen LogP contribution in [0.4, 0.5) is 4.79 Å². The standard InChI is InChI=1S/C22H36N2O2/c25-20(23-6-4-17-2-1-3-18-9-19(17)18)24-7-5-21-10-15-8-16(11-21)13-22(26,12-15)14-21/h15-19,26H,1-14H2,(H2,23,24,25). The van der Waals surface area contributed by atoms with Crippen LogP contribution in [0.15, 0.2) is 0 Å². The molecule has 0 saturated heterocycles. The van der Waals surface area contributed by atoms with Gasteiger partial charge in [0.2, 0.25) is 0 Å². The minimum absolute atomic E-state index is 0.0107. The lowest BCUT2D eigenvalue weighted by atomic mass is 9.47. The summed E-state index contributed by atoms with van der Waals surface area (Å²) in [6.45, 7) is 1.59. The van der Waals surface area contributed by atoms with Crippen LogP contribution in [0.1, 0.15) is 77.0 Å². The molecule has 0 aromatic heterocycles. The van der Waals surface area contributed by atoms with E-state index in [9.17, 15) is 9.90 Å². The van der Waals surface area contributed by atoms with Gasteiger partial charge >= 0.3 is 6.03 Å². The zero-order valence-electron chi connectivity index (χ0n) is 16.1. The van der Waals surface area contributed by atoms with Crippen molar-refractivity contribution >= 4 is 6.03 Å². The summed E-state index contributed by atoms with van der Waals surface area (Å²) >= 11 is 0. The van der Waals surface area contributed by atoms with E-state index in [-0.39, 0.29) is 11.6 Å². The highest BCUT2D eigenvalue weighted by atomic mass is 16.3. The van der Waals surface area contributed by atoms with E-state index in [4.69, 9.17) is 0 Å². The average molecular weight is 361 g/mol. The van der Waals surface area contributed by atoms with Crippen LogP contribution in [0.3, 0.4) is 0 Å². The van der Waals surface area contributed by atoms with Crippen molar-refractivity contribution in [3.05, 3.63) is 0 Å². The Labute approximate surface area is 157 Å². The first-order valence-electron chi connectivity index (χ1n) is 11.3. The second-order valence-corrected chi connectivity index (χ2v) is 10.8. The topological polar surface area (TPSA) is 61.4 Å². The molecule has 4 heteroatoms. The number of aliphatic hydroxyl groups is 1. The van der Waals surface area contributed by atoms with E-state index >= 15 is 0 Å². The van der Waals surface area contributed by atoms with Crippen LogP contribution in [-0.2, 0) is 0 Å². The maximum Gasteiger partial charge on any atom is 0.314 e. The molecule has 0 heterocycles. The Morgan fingerprint density at radius 2 is 1.77 bits per heavy atom. The highest BCUT2D eigenvalue weighted by molar-refractivity contribution is 5.73. The van der Waals surface area contributed by atoms with Crippen LogP contribution in [0.2, 0.25) is 0 Å². The number of hydrogen-bond donors (Lipinski definition) is 3. The van der Waals surface area contributed by atoms with Gasteiger partial charge in [0.25, 0.3) is 0 Å². The van der Waals surface area contributed by atoms with Gasteiger partial charge < -0.3 is 15.7 Å². The summed E-state index contributed by atoms with van der Waals surface area (Å²) in [5, 5.41) is 17.0. The third kappa shape index (κ3) is 3.39. The Morgan fingerprint density at radius 3 is 2.54 bits per heavy atom. The number of carbonyl (C=O) groups is 1. The second kappa shape index (κ2) is 6.39. The maximum absolute atomic E-state index is 12.2. The van der Waals surface area contributed by atoms with Gasteiger partial charge in [-0.25, -0.2) is 4.79 Å². The van der Waals surface area contributed by atoms with Crippen molar-refractivity contribution in [3.8, 4) is 0 Å². The summed E-state index contributed by atoms with van der Waals surface area (Å²) in [5.41, 5.74) is -0.0811. The highest BCUT2D eigenvalue weighted by Crippen LogP contribution is 2.62. The molecule has 0 spiro atoms. The van der Waals surface area contributed by atoms with Gasteiger partial charge in [-0.3, -0.25) is 0 Å². The molecule has 4 bridgehead atoms. The Kier molecular flexibility index (Phi) is 4.26. The third-order valence-corrected chi connectivity index (χ3v) is 8.63. The zero-order valence-corrected chi connectivity index (χ0v) is 16.1. The molecule has 5 atom stereocenters. The van der Waals surface area contributed by atoms with Crippen molar-refractivity contribution in [2.45, 2.75) is 82.7 Å². The number of hydrogen-bond acceptors (Lipinski definition) is 2. The molecular formula is C22H36N2O2. The Hall–Kier alpha value is -0.770. The molecule has 5 unspecified atom stereocenters. The number of nitrogens with one attached hydrogen (secondary N) is 2. The fraction of sp³-hybridized carbons (Fsp3) is 0.955. The quantitative estimate of drug-likeness (QED) is 0.674. The van der Waals surface area contributed by atoms with E-state index in [1.165, 1.54) is 44.9 Å². The molecule has 0 aliphatic heterocycles. The SMILES string of the molecule is O=C(NCCC1CCCC2CC12)NCCC12CC3CC(CC(O)(C3)C1)C2. The lowest BCUT2D eigenvalue weighted by molar-refractivity contribution is -0.165. The van der Waals surface area contributed by atoms with E-state index in [1.807, 2.05) is 0 Å². The lowest BCUT2D eigenvalue weighted by Gasteiger charge is -2.60. The largest absolute Gasteiger partial charge is 0.390 e. The Morgan fingerprint density at radius 1 is 1.00 bits per heavy atom. The fourth-order valence-corrected chi connectivity index (χ4v) is 7.96. The van der Waals surface area contributed by atoms with Crippen LogP contribution in [0.5, 0.6) is 0 Å². The van der Waals surface area contributed by atoms with E-state index in [0.717, 1.165) is 74.8 Å². The summed E-state index contributed by atoms with van der Waals surface area (Å²) in [7, 11) is 0. The smallest absolute Gasteiger partial charge is 0.314 e. The minimum Gasteiger partial charge on any atom is -0.390 e. The summed E-state index contributed by atoms with van der Waals surface area (Å²) in [6, 6.07) is 0.0107. The maximum atomic E-state index is 12.2. The first-order chi connectivity index (χ1) is 12.5. The molecule has 0 aromatic rings. The molecule has 6 saturated carbocycles. The molecule has 146 valence electrons. The van der Waals surface area contributed by atoms with Gasteiger partial charge in [-0.05, 0) is 92.8 Å². The molecule has 3 N–H and O–H groups in total. The molecule has 2 amide bonds. The van der Waals surface area contributed by atoms with Crippen molar-refractivity contribution in [1.82, 2.24) is 10.6 Å². The van der Waals surface area contributed by atoms with Crippen molar-refractivity contribution < 1.29 is 9.90 Å². The number of amides is 2. The molecule has 6 rings (SSSR count). The Bertz CT molecular complexity index is 548. The molecule has 6 aliphatic carbocycles. The summed E-state index contributed by atoms with van der Waals surface area (Å²) in [6.07, 6.45) is 14.8. The Balaban J connectivity index is 1.03. The first kappa shape index (κ1) is 17.3. The van der Waals surface area contributed by atoms with E-state index < -0.39 is 0 Å². The average Bonchev–Trinajstić information content (AvgIpc) is 3.32. The molecular weight excluding hydrogens is 324 g/mol. The molecule has 6 aliphatic rings. The predicted octanol–water partition coefficient (Wildman–Crippen LogP) is 3.83. The van der Waals surface area contributed by atoms with E-state index in [2.05, 4.69) is 10.6 Å². The summed E-state index contributed by atoms with van der Waals surface area (Å²) in [5.74, 6) is 4.34. The van der Waals surface area contributed by atoms with E-state index in [1.54, 1.807) is 0 Å². The van der Waals surface area contributed by atoms with Crippen LogP contribution in [-0.4, -0.2) is 29.8 Å². The lowest BCUT2D eigenvalue weighted by Crippen LogP contribution is -2.56.